The Balaban J connectivity index is 1.27. The summed E-state index contributed by atoms with van der Waals surface area (Å²) in [6, 6.07) is 8.87. The zero-order valence-electron chi connectivity index (χ0n) is 24.0. The van der Waals surface area contributed by atoms with Gasteiger partial charge in [0.1, 0.15) is 12.1 Å². The maximum Gasteiger partial charge on any atom is 0.290 e. The first-order chi connectivity index (χ1) is 19.4. The molecular weight excluding hydrogens is 504 g/mol. The molecule has 2 fully saturated rings. The van der Waals surface area contributed by atoms with E-state index in [4.69, 9.17) is 4.52 Å². The molecule has 1 aliphatic heterocycles. The van der Waals surface area contributed by atoms with Crippen molar-refractivity contribution in [3.8, 4) is 0 Å². The standard InChI is InChI=1S/C32H44N4O4/c1-3-22(2)28(31(39)36-19-16-32(17-20-36)15-13-24-11-7-8-12-25(24)32)35-29(37)26(21-23-9-5-4-6-10-23)34-30(38)27-14-18-33-40-27/h7-8,11-12,14,18,22-23,26,28H,3-6,9-10,13,15-17,19-21H2,1-2H3,(H,34,38)(H,35,37)/t22-,26+,28+/m1/s1. The molecule has 1 saturated heterocycles. The Hall–Kier alpha value is -3.16. The lowest BCUT2D eigenvalue weighted by atomic mass is 9.73. The van der Waals surface area contributed by atoms with Crippen LogP contribution in [-0.4, -0.2) is 53.0 Å². The van der Waals surface area contributed by atoms with Crippen LogP contribution in [0.3, 0.4) is 0 Å². The number of aryl methyl sites for hydroxylation is 1. The number of piperidine rings is 1. The Kier molecular flexibility index (Phi) is 8.91. The summed E-state index contributed by atoms with van der Waals surface area (Å²) in [5.74, 6) is -0.355. The number of fused-ring (bicyclic) bond motifs is 2. The summed E-state index contributed by atoms with van der Waals surface area (Å²) in [6.45, 7) is 5.46. The zero-order valence-corrected chi connectivity index (χ0v) is 24.0. The van der Waals surface area contributed by atoms with Crippen molar-refractivity contribution in [3.63, 3.8) is 0 Å². The minimum atomic E-state index is -0.736. The van der Waals surface area contributed by atoms with Gasteiger partial charge in [-0.1, -0.05) is 81.8 Å². The van der Waals surface area contributed by atoms with E-state index in [9.17, 15) is 14.4 Å². The molecule has 8 nitrogen and oxygen atoms in total. The Morgan fingerprint density at radius 3 is 2.50 bits per heavy atom. The molecule has 2 aliphatic carbocycles. The third kappa shape index (κ3) is 6.11. The third-order valence-electron chi connectivity index (χ3n) is 9.85. The number of nitrogens with zero attached hydrogens (tertiary/aromatic N) is 2. The van der Waals surface area contributed by atoms with Crippen LogP contribution in [-0.2, 0) is 21.4 Å². The molecular formula is C32H44N4O4. The summed E-state index contributed by atoms with van der Waals surface area (Å²) < 4.78 is 5.03. The predicted octanol–water partition coefficient (Wildman–Crippen LogP) is 4.78. The van der Waals surface area contributed by atoms with Gasteiger partial charge in [0, 0.05) is 19.2 Å². The fraction of sp³-hybridized carbons (Fsp3) is 0.625. The van der Waals surface area contributed by atoms with Gasteiger partial charge in [0.2, 0.25) is 17.6 Å². The molecule has 0 bridgehead atoms. The van der Waals surface area contributed by atoms with Gasteiger partial charge in [0.25, 0.3) is 5.91 Å². The van der Waals surface area contributed by atoms with E-state index in [0.717, 1.165) is 57.8 Å². The van der Waals surface area contributed by atoms with Crippen molar-refractivity contribution in [1.82, 2.24) is 20.7 Å². The summed E-state index contributed by atoms with van der Waals surface area (Å²) in [6.07, 6.45) is 12.5. The first-order valence-electron chi connectivity index (χ1n) is 15.3. The predicted molar refractivity (Wildman–Crippen MR) is 153 cm³/mol. The average molecular weight is 549 g/mol. The SMILES string of the molecule is CC[C@@H](C)[C@H](NC(=O)[C@H](CC1CCCCC1)NC(=O)c1ccno1)C(=O)N1CCC2(CCc3ccccc32)CC1. The molecule has 40 heavy (non-hydrogen) atoms. The number of benzene rings is 1. The van der Waals surface area contributed by atoms with Crippen LogP contribution in [0.15, 0.2) is 41.1 Å². The minimum Gasteiger partial charge on any atom is -0.351 e. The van der Waals surface area contributed by atoms with Gasteiger partial charge in [-0.2, -0.15) is 0 Å². The lowest BCUT2D eigenvalue weighted by Gasteiger charge is -2.42. The first-order valence-corrected chi connectivity index (χ1v) is 15.3. The highest BCUT2D eigenvalue weighted by Crippen LogP contribution is 2.46. The van der Waals surface area contributed by atoms with Gasteiger partial charge in [-0.3, -0.25) is 14.4 Å². The van der Waals surface area contributed by atoms with Gasteiger partial charge in [0.15, 0.2) is 0 Å². The smallest absolute Gasteiger partial charge is 0.290 e. The van der Waals surface area contributed by atoms with E-state index in [1.54, 1.807) is 0 Å². The van der Waals surface area contributed by atoms with Gasteiger partial charge in [-0.05, 0) is 60.5 Å². The Morgan fingerprint density at radius 1 is 1.05 bits per heavy atom. The van der Waals surface area contributed by atoms with Crippen LogP contribution in [0.5, 0.6) is 0 Å². The van der Waals surface area contributed by atoms with Crippen LogP contribution in [0.1, 0.15) is 99.7 Å². The number of hydrogen-bond donors (Lipinski definition) is 2. The van der Waals surface area contributed by atoms with Crippen molar-refractivity contribution in [1.29, 1.82) is 0 Å². The zero-order chi connectivity index (χ0) is 28.1. The highest BCUT2D eigenvalue weighted by molar-refractivity contribution is 5.96. The van der Waals surface area contributed by atoms with Crippen LogP contribution >= 0.6 is 0 Å². The van der Waals surface area contributed by atoms with Crippen molar-refractivity contribution in [2.24, 2.45) is 11.8 Å². The van der Waals surface area contributed by atoms with Crippen LogP contribution in [0.25, 0.3) is 0 Å². The number of likely N-dealkylation sites (tertiary alicyclic amines) is 1. The number of carbonyl (C=O) groups is 3. The summed E-state index contributed by atoms with van der Waals surface area (Å²) in [4.78, 5) is 42.4. The van der Waals surface area contributed by atoms with Crippen LogP contribution in [0, 0.1) is 11.8 Å². The largest absolute Gasteiger partial charge is 0.351 e. The summed E-state index contributed by atoms with van der Waals surface area (Å²) in [7, 11) is 0. The van der Waals surface area contributed by atoms with Crippen molar-refractivity contribution in [3.05, 3.63) is 53.4 Å². The number of nitrogens with one attached hydrogen (secondary N) is 2. The monoisotopic (exact) mass is 548 g/mol. The van der Waals surface area contributed by atoms with Crippen molar-refractivity contribution < 1.29 is 18.9 Å². The van der Waals surface area contributed by atoms with Gasteiger partial charge in [-0.25, -0.2) is 0 Å². The van der Waals surface area contributed by atoms with Gasteiger partial charge in [0.05, 0.1) is 6.20 Å². The summed E-state index contributed by atoms with van der Waals surface area (Å²) >= 11 is 0. The Labute approximate surface area is 237 Å². The van der Waals surface area contributed by atoms with E-state index in [0.29, 0.717) is 25.4 Å². The van der Waals surface area contributed by atoms with E-state index in [1.807, 2.05) is 18.7 Å². The van der Waals surface area contributed by atoms with Gasteiger partial charge < -0.3 is 20.1 Å². The normalized spacial score (nSPS) is 20.9. The van der Waals surface area contributed by atoms with Crippen LogP contribution < -0.4 is 10.6 Å². The topological polar surface area (TPSA) is 105 Å². The first kappa shape index (κ1) is 28.4. The molecule has 3 atom stereocenters. The van der Waals surface area contributed by atoms with Gasteiger partial charge in [-0.15, -0.1) is 0 Å². The van der Waals surface area contributed by atoms with E-state index in [-0.39, 0.29) is 28.9 Å². The molecule has 3 amide bonds. The molecule has 216 valence electrons. The number of amides is 3. The molecule has 1 aromatic heterocycles. The Bertz CT molecular complexity index is 1170. The van der Waals surface area contributed by atoms with Crippen molar-refractivity contribution in [2.75, 3.05) is 13.1 Å². The second-order valence-corrected chi connectivity index (χ2v) is 12.3. The molecule has 0 unspecified atom stereocenters. The highest BCUT2D eigenvalue weighted by atomic mass is 16.5. The van der Waals surface area contributed by atoms with E-state index in [2.05, 4.69) is 40.1 Å². The second kappa shape index (κ2) is 12.6. The Morgan fingerprint density at radius 2 is 1.80 bits per heavy atom. The minimum absolute atomic E-state index is 0.0122. The van der Waals surface area contributed by atoms with Crippen molar-refractivity contribution >= 4 is 17.7 Å². The summed E-state index contributed by atoms with van der Waals surface area (Å²) in [5, 5.41) is 9.59. The lowest BCUT2D eigenvalue weighted by Crippen LogP contribution is -2.58. The molecule has 1 aromatic carbocycles. The maximum atomic E-state index is 13.9. The fourth-order valence-electron chi connectivity index (χ4n) is 7.12. The number of carbonyl (C=O) groups excluding carboxylic acids is 3. The third-order valence-corrected chi connectivity index (χ3v) is 9.85. The van der Waals surface area contributed by atoms with Crippen LogP contribution in [0.2, 0.25) is 0 Å². The van der Waals surface area contributed by atoms with Crippen LogP contribution in [0.4, 0.5) is 0 Å². The fourth-order valence-corrected chi connectivity index (χ4v) is 7.12. The molecule has 2 aromatic rings. The quantitative estimate of drug-likeness (QED) is 0.469. The molecule has 8 heteroatoms. The molecule has 5 rings (SSSR count). The average Bonchev–Trinajstić information content (AvgIpc) is 3.65. The lowest BCUT2D eigenvalue weighted by molar-refractivity contribution is -0.139. The molecule has 1 saturated carbocycles. The molecule has 3 aliphatic rings. The number of hydrogen-bond acceptors (Lipinski definition) is 5. The van der Waals surface area contributed by atoms with E-state index in [1.165, 1.54) is 29.8 Å². The van der Waals surface area contributed by atoms with Gasteiger partial charge >= 0.3 is 0 Å². The maximum absolute atomic E-state index is 13.9. The van der Waals surface area contributed by atoms with Crippen molar-refractivity contribution in [2.45, 2.75) is 102 Å². The molecule has 2 N–H and O–H groups in total. The number of aromatic nitrogens is 1. The summed E-state index contributed by atoms with van der Waals surface area (Å²) in [5.41, 5.74) is 3.07. The van der Waals surface area contributed by atoms with E-state index >= 15 is 0 Å². The second-order valence-electron chi connectivity index (χ2n) is 12.3. The number of rotatable bonds is 9. The molecule has 2 heterocycles. The highest BCUT2D eigenvalue weighted by Gasteiger charge is 2.43. The van der Waals surface area contributed by atoms with E-state index < -0.39 is 18.0 Å². The molecule has 1 spiro atoms. The molecule has 0 radical (unpaired) electrons.